The number of hydrogen-bond donors (Lipinski definition) is 1. The van der Waals surface area contributed by atoms with E-state index in [1.165, 1.54) is 4.90 Å². The average Bonchev–Trinajstić information content (AvgIpc) is 3.07. The van der Waals surface area contributed by atoms with E-state index in [4.69, 9.17) is 4.74 Å². The van der Waals surface area contributed by atoms with Gasteiger partial charge in [0.1, 0.15) is 11.5 Å². The first kappa shape index (κ1) is 21.4. The van der Waals surface area contributed by atoms with Crippen molar-refractivity contribution in [2.24, 2.45) is 0 Å². The van der Waals surface area contributed by atoms with Gasteiger partial charge in [0.05, 0.1) is 18.2 Å². The van der Waals surface area contributed by atoms with Crippen LogP contribution in [0.4, 0.5) is 5.69 Å². The van der Waals surface area contributed by atoms with Crippen molar-refractivity contribution < 1.29 is 19.4 Å². The highest BCUT2D eigenvalue weighted by molar-refractivity contribution is 6.51. The normalized spacial score (nSPS) is 17.6. The summed E-state index contributed by atoms with van der Waals surface area (Å²) in [5.41, 5.74) is 3.90. The van der Waals surface area contributed by atoms with E-state index in [0.717, 1.165) is 11.1 Å². The van der Waals surface area contributed by atoms with Gasteiger partial charge in [0.25, 0.3) is 11.7 Å². The molecule has 1 amide bonds. The van der Waals surface area contributed by atoms with E-state index in [-0.39, 0.29) is 11.3 Å². The number of ketones is 1. The number of amides is 1. The standard InChI is InChI=1S/C27H25NO4/c1-4-32-22-12-8-9-19(16-22)24-23(25(29)20-14-13-17(2)18(3)15-20)26(30)27(31)28(24)21-10-6-5-7-11-21/h5-16,24,29H,4H2,1-3H3/b25-23-. The first-order chi connectivity index (χ1) is 15.4. The van der Waals surface area contributed by atoms with Crippen LogP contribution in [0, 0.1) is 13.8 Å². The predicted molar refractivity (Wildman–Crippen MR) is 125 cm³/mol. The molecule has 4 rings (SSSR count). The van der Waals surface area contributed by atoms with Crippen LogP contribution in [0.5, 0.6) is 5.75 Å². The molecule has 1 aliphatic rings. The molecule has 5 nitrogen and oxygen atoms in total. The van der Waals surface area contributed by atoms with E-state index in [1.54, 1.807) is 18.2 Å². The number of rotatable bonds is 5. The topological polar surface area (TPSA) is 66.8 Å². The number of ether oxygens (including phenoxy) is 1. The summed E-state index contributed by atoms with van der Waals surface area (Å²) in [5.74, 6) is -0.934. The first-order valence-electron chi connectivity index (χ1n) is 10.6. The Morgan fingerprint density at radius 3 is 2.38 bits per heavy atom. The lowest BCUT2D eigenvalue weighted by atomic mass is 9.94. The van der Waals surface area contributed by atoms with Gasteiger partial charge in [-0.15, -0.1) is 0 Å². The Morgan fingerprint density at radius 1 is 0.938 bits per heavy atom. The van der Waals surface area contributed by atoms with Crippen LogP contribution in [0.25, 0.3) is 5.76 Å². The molecule has 0 bridgehead atoms. The summed E-state index contributed by atoms with van der Waals surface area (Å²) in [7, 11) is 0. The lowest BCUT2D eigenvalue weighted by Gasteiger charge is -2.25. The van der Waals surface area contributed by atoms with Crippen molar-refractivity contribution in [1.82, 2.24) is 0 Å². The highest BCUT2D eigenvalue weighted by Gasteiger charge is 2.47. The minimum atomic E-state index is -0.778. The van der Waals surface area contributed by atoms with Gasteiger partial charge in [-0.05, 0) is 67.8 Å². The van der Waals surface area contributed by atoms with Crippen LogP contribution in [-0.2, 0) is 9.59 Å². The molecular formula is C27H25NO4. The predicted octanol–water partition coefficient (Wildman–Crippen LogP) is 5.33. The number of para-hydroxylation sites is 1. The van der Waals surface area contributed by atoms with Crippen LogP contribution in [0.1, 0.15) is 35.2 Å². The molecule has 0 saturated carbocycles. The lowest BCUT2D eigenvalue weighted by Crippen LogP contribution is -2.29. The quantitative estimate of drug-likeness (QED) is 0.340. The van der Waals surface area contributed by atoms with Gasteiger partial charge >= 0.3 is 0 Å². The van der Waals surface area contributed by atoms with Crippen LogP contribution >= 0.6 is 0 Å². The van der Waals surface area contributed by atoms with E-state index in [1.807, 2.05) is 75.4 Å². The molecule has 0 radical (unpaired) electrons. The van der Waals surface area contributed by atoms with Gasteiger partial charge in [-0.25, -0.2) is 0 Å². The third-order valence-electron chi connectivity index (χ3n) is 5.74. The minimum absolute atomic E-state index is 0.0655. The van der Waals surface area contributed by atoms with Gasteiger partial charge in [-0.2, -0.15) is 0 Å². The molecule has 3 aromatic rings. The Morgan fingerprint density at radius 2 is 1.69 bits per heavy atom. The molecule has 1 aliphatic heterocycles. The van der Waals surface area contributed by atoms with E-state index in [9.17, 15) is 14.7 Å². The van der Waals surface area contributed by atoms with Crippen LogP contribution in [0.15, 0.2) is 78.4 Å². The third kappa shape index (κ3) is 3.78. The molecule has 5 heteroatoms. The largest absolute Gasteiger partial charge is 0.507 e. The fourth-order valence-corrected chi connectivity index (χ4v) is 3.99. The molecule has 1 fully saturated rings. The van der Waals surface area contributed by atoms with Crippen molar-refractivity contribution in [1.29, 1.82) is 0 Å². The van der Waals surface area contributed by atoms with Crippen molar-refractivity contribution >= 4 is 23.1 Å². The fourth-order valence-electron chi connectivity index (χ4n) is 3.99. The average molecular weight is 428 g/mol. The molecule has 1 saturated heterocycles. The highest BCUT2D eigenvalue weighted by atomic mass is 16.5. The third-order valence-corrected chi connectivity index (χ3v) is 5.74. The van der Waals surface area contributed by atoms with Gasteiger partial charge in [0, 0.05) is 11.3 Å². The summed E-state index contributed by atoms with van der Waals surface area (Å²) in [6.45, 7) is 6.30. The maximum absolute atomic E-state index is 13.2. The molecule has 1 unspecified atom stereocenters. The first-order valence-corrected chi connectivity index (χ1v) is 10.6. The summed E-state index contributed by atoms with van der Waals surface area (Å²) in [6.07, 6.45) is 0. The molecule has 3 aromatic carbocycles. The maximum atomic E-state index is 13.2. The Balaban J connectivity index is 1.94. The Bertz CT molecular complexity index is 1210. The summed E-state index contributed by atoms with van der Waals surface area (Å²) in [5, 5.41) is 11.2. The van der Waals surface area contributed by atoms with Crippen LogP contribution < -0.4 is 9.64 Å². The molecule has 1 N–H and O–H groups in total. The van der Waals surface area contributed by atoms with E-state index in [0.29, 0.717) is 29.2 Å². The number of nitrogens with zero attached hydrogens (tertiary/aromatic N) is 1. The minimum Gasteiger partial charge on any atom is -0.507 e. The number of carbonyl (C=O) groups is 2. The molecule has 1 atom stereocenters. The number of benzene rings is 3. The Kier molecular flexibility index (Phi) is 5.82. The van der Waals surface area contributed by atoms with Crippen molar-refractivity contribution in [3.05, 3.63) is 101 Å². The second-order valence-electron chi connectivity index (χ2n) is 7.81. The van der Waals surface area contributed by atoms with Crippen molar-refractivity contribution in [2.75, 3.05) is 11.5 Å². The van der Waals surface area contributed by atoms with Crippen molar-refractivity contribution in [2.45, 2.75) is 26.8 Å². The van der Waals surface area contributed by atoms with Gasteiger partial charge < -0.3 is 9.84 Å². The maximum Gasteiger partial charge on any atom is 0.300 e. The summed E-state index contributed by atoms with van der Waals surface area (Å²) < 4.78 is 5.64. The van der Waals surface area contributed by atoms with Crippen molar-refractivity contribution in [3.8, 4) is 5.75 Å². The highest BCUT2D eigenvalue weighted by Crippen LogP contribution is 2.42. The number of Topliss-reactive ketones (excluding diaryl/α,β-unsaturated/α-hetero) is 1. The SMILES string of the molecule is CCOc1cccc(C2/C(=C(/O)c3ccc(C)c(C)c3)C(=O)C(=O)N2c2ccccc2)c1. The Hall–Kier alpha value is -3.86. The fraction of sp³-hybridized carbons (Fsp3) is 0.185. The summed E-state index contributed by atoms with van der Waals surface area (Å²) >= 11 is 0. The second kappa shape index (κ2) is 8.71. The Labute approximate surface area is 187 Å². The van der Waals surface area contributed by atoms with Gasteiger partial charge in [0.2, 0.25) is 0 Å². The smallest absolute Gasteiger partial charge is 0.300 e. The van der Waals surface area contributed by atoms with E-state index >= 15 is 0 Å². The van der Waals surface area contributed by atoms with Crippen LogP contribution in [0.2, 0.25) is 0 Å². The molecule has 32 heavy (non-hydrogen) atoms. The molecule has 0 aromatic heterocycles. The van der Waals surface area contributed by atoms with Gasteiger partial charge in [0.15, 0.2) is 0 Å². The molecule has 0 spiro atoms. The number of carbonyl (C=O) groups excluding carboxylic acids is 2. The zero-order valence-corrected chi connectivity index (χ0v) is 18.3. The lowest BCUT2D eigenvalue weighted by molar-refractivity contribution is -0.132. The van der Waals surface area contributed by atoms with Crippen molar-refractivity contribution in [3.63, 3.8) is 0 Å². The number of hydrogen-bond acceptors (Lipinski definition) is 4. The second-order valence-corrected chi connectivity index (χ2v) is 7.81. The van der Waals surface area contributed by atoms with Gasteiger partial charge in [-0.3, -0.25) is 14.5 Å². The number of aryl methyl sites for hydroxylation is 2. The molecular weight excluding hydrogens is 402 g/mol. The zero-order chi connectivity index (χ0) is 22.8. The number of aliphatic hydroxyl groups excluding tert-OH is 1. The number of aliphatic hydroxyl groups is 1. The molecule has 1 heterocycles. The van der Waals surface area contributed by atoms with E-state index in [2.05, 4.69) is 0 Å². The van der Waals surface area contributed by atoms with E-state index < -0.39 is 17.7 Å². The summed E-state index contributed by atoms with van der Waals surface area (Å²) in [4.78, 5) is 27.8. The van der Waals surface area contributed by atoms with Crippen LogP contribution in [-0.4, -0.2) is 23.4 Å². The van der Waals surface area contributed by atoms with Gasteiger partial charge in [-0.1, -0.05) is 42.5 Å². The molecule has 0 aliphatic carbocycles. The molecule has 162 valence electrons. The zero-order valence-electron chi connectivity index (χ0n) is 18.3. The number of anilines is 1. The monoisotopic (exact) mass is 427 g/mol. The summed E-state index contributed by atoms with van der Waals surface area (Å²) in [6, 6.07) is 21.0. The van der Waals surface area contributed by atoms with Crippen LogP contribution in [0.3, 0.4) is 0 Å².